The molecule has 0 saturated heterocycles. The highest BCUT2D eigenvalue weighted by Gasteiger charge is 2.34. The van der Waals surface area contributed by atoms with Gasteiger partial charge >= 0.3 is 0 Å². The van der Waals surface area contributed by atoms with Crippen LogP contribution >= 0.6 is 0 Å². The fraction of sp³-hybridized carbons (Fsp3) is 0.143. The van der Waals surface area contributed by atoms with Crippen molar-refractivity contribution >= 4 is 23.1 Å². The van der Waals surface area contributed by atoms with E-state index in [1.165, 1.54) is 13.8 Å². The summed E-state index contributed by atoms with van der Waals surface area (Å²) in [6.45, 7) is 1.24. The summed E-state index contributed by atoms with van der Waals surface area (Å²) in [5.41, 5.74) is -0.821. The molecule has 1 nitrogen and oxygen atoms in total. The first kappa shape index (κ1) is 20.8. The zero-order valence-corrected chi connectivity index (χ0v) is 15.7. The molecule has 0 heterocycles. The molecular weight excluding hydrogens is 393 g/mol. The van der Waals surface area contributed by atoms with E-state index in [4.69, 9.17) is 4.74 Å². The molecule has 3 aromatic carbocycles. The molecule has 0 aliphatic rings. The minimum absolute atomic E-state index is 0.0344. The van der Waals surface area contributed by atoms with Gasteiger partial charge in [-0.1, -0.05) is 12.1 Å². The van der Waals surface area contributed by atoms with Gasteiger partial charge in [-0.15, -0.1) is 0 Å². The van der Waals surface area contributed by atoms with Gasteiger partial charge in [-0.25, -0.2) is 26.3 Å². The van der Waals surface area contributed by atoms with Gasteiger partial charge in [-0.3, -0.25) is 0 Å². The van der Waals surface area contributed by atoms with Crippen LogP contribution < -0.4 is 21.1 Å². The molecule has 0 bridgehead atoms. The zero-order valence-electron chi connectivity index (χ0n) is 15.7. The van der Waals surface area contributed by atoms with Crippen molar-refractivity contribution in [2.75, 3.05) is 7.11 Å². The standard InChI is InChI=1S/C21H15BF6O/c1-10-4-13(17(26)8-15(10)24)22(14-5-11(2)16(25)9-18(14)27)21-19(28)6-12(23)7-20(21)29-3/h4-9H,1-3H3. The van der Waals surface area contributed by atoms with Crippen LogP contribution in [0, 0.1) is 48.8 Å². The third-order valence-corrected chi connectivity index (χ3v) is 4.74. The molecule has 0 fully saturated rings. The summed E-state index contributed by atoms with van der Waals surface area (Å²) >= 11 is 0. The first-order valence-corrected chi connectivity index (χ1v) is 8.58. The summed E-state index contributed by atoms with van der Waals surface area (Å²) in [5.74, 6) is -6.17. The van der Waals surface area contributed by atoms with Crippen LogP contribution in [0.3, 0.4) is 0 Å². The molecule has 8 heteroatoms. The van der Waals surface area contributed by atoms with Gasteiger partial charge in [0.1, 0.15) is 40.7 Å². The van der Waals surface area contributed by atoms with Crippen molar-refractivity contribution in [3.63, 3.8) is 0 Å². The number of halogens is 6. The molecule has 0 spiro atoms. The molecule has 0 radical (unpaired) electrons. The Balaban J connectivity index is 2.42. The Morgan fingerprint density at radius 1 is 0.621 bits per heavy atom. The predicted molar refractivity (Wildman–Crippen MR) is 99.8 cm³/mol. The van der Waals surface area contributed by atoms with Crippen molar-refractivity contribution in [1.82, 2.24) is 0 Å². The Hall–Kier alpha value is -2.90. The van der Waals surface area contributed by atoms with Gasteiger partial charge in [-0.2, -0.15) is 0 Å². The van der Waals surface area contributed by atoms with Crippen LogP contribution in [0.15, 0.2) is 36.4 Å². The highest BCUT2D eigenvalue weighted by atomic mass is 19.2. The molecule has 150 valence electrons. The molecule has 0 amide bonds. The van der Waals surface area contributed by atoms with Crippen molar-refractivity contribution in [2.24, 2.45) is 0 Å². The van der Waals surface area contributed by atoms with E-state index in [-0.39, 0.29) is 33.3 Å². The second-order valence-electron chi connectivity index (χ2n) is 6.68. The Kier molecular flexibility index (Phi) is 5.64. The Labute approximate surface area is 164 Å². The van der Waals surface area contributed by atoms with Crippen molar-refractivity contribution in [3.8, 4) is 5.75 Å². The number of rotatable bonds is 4. The fourth-order valence-electron chi connectivity index (χ4n) is 3.29. The lowest BCUT2D eigenvalue weighted by atomic mass is 9.36. The van der Waals surface area contributed by atoms with E-state index < -0.39 is 41.6 Å². The maximum atomic E-state index is 14.8. The van der Waals surface area contributed by atoms with Crippen LogP contribution in [-0.2, 0) is 0 Å². The van der Waals surface area contributed by atoms with Gasteiger partial charge in [0.25, 0.3) is 6.71 Å². The lowest BCUT2D eigenvalue weighted by Gasteiger charge is -2.21. The van der Waals surface area contributed by atoms with E-state index >= 15 is 0 Å². The van der Waals surface area contributed by atoms with Gasteiger partial charge in [0.05, 0.1) is 7.11 Å². The van der Waals surface area contributed by atoms with E-state index in [1.54, 1.807) is 0 Å². The molecule has 0 aliphatic carbocycles. The highest BCUT2D eigenvalue weighted by Crippen LogP contribution is 2.18. The van der Waals surface area contributed by atoms with Crippen LogP contribution in [0.4, 0.5) is 26.3 Å². The molecule has 3 rings (SSSR count). The molecular formula is C21H15BF6O. The minimum atomic E-state index is -1.48. The Bertz CT molecular complexity index is 1040. The largest absolute Gasteiger partial charge is 0.497 e. The summed E-state index contributed by atoms with van der Waals surface area (Å²) < 4.78 is 90.6. The maximum absolute atomic E-state index is 14.8. The summed E-state index contributed by atoms with van der Waals surface area (Å²) in [6.07, 6.45) is 0. The second-order valence-corrected chi connectivity index (χ2v) is 6.68. The third-order valence-electron chi connectivity index (χ3n) is 4.74. The average Bonchev–Trinajstić information content (AvgIpc) is 2.64. The van der Waals surface area contributed by atoms with Crippen molar-refractivity contribution in [1.29, 1.82) is 0 Å². The Morgan fingerprint density at radius 2 is 1.10 bits per heavy atom. The van der Waals surface area contributed by atoms with Crippen LogP contribution in [0.5, 0.6) is 5.75 Å². The van der Waals surface area contributed by atoms with Gasteiger partial charge in [0.15, 0.2) is 0 Å². The van der Waals surface area contributed by atoms with Crippen LogP contribution in [0.2, 0.25) is 0 Å². The zero-order chi connectivity index (χ0) is 21.5. The normalized spacial score (nSPS) is 10.9. The number of aryl methyl sites for hydroxylation is 2. The van der Waals surface area contributed by atoms with E-state index in [1.807, 2.05) is 0 Å². The maximum Gasteiger partial charge on any atom is 0.257 e. The first-order valence-electron chi connectivity index (χ1n) is 8.58. The molecule has 0 N–H and O–H groups in total. The first-order chi connectivity index (χ1) is 13.6. The molecule has 3 aromatic rings. The summed E-state index contributed by atoms with van der Waals surface area (Å²) in [5, 5.41) is 0. The number of hydrogen-bond acceptors (Lipinski definition) is 1. The SMILES string of the molecule is COc1cc(F)cc(F)c1B(c1cc(C)c(F)cc1F)c1cc(C)c(F)cc1F. The van der Waals surface area contributed by atoms with Gasteiger partial charge in [-0.05, 0) is 35.9 Å². The average molecular weight is 408 g/mol. The van der Waals surface area contributed by atoms with Gasteiger partial charge in [0.2, 0.25) is 0 Å². The summed E-state index contributed by atoms with van der Waals surface area (Å²) in [6, 6.07) is 4.83. The van der Waals surface area contributed by atoms with E-state index in [0.717, 1.165) is 25.3 Å². The second kappa shape index (κ2) is 7.85. The Morgan fingerprint density at radius 3 is 1.55 bits per heavy atom. The van der Waals surface area contributed by atoms with Crippen LogP contribution in [0.1, 0.15) is 11.1 Å². The van der Waals surface area contributed by atoms with Crippen molar-refractivity contribution in [3.05, 3.63) is 82.4 Å². The number of ether oxygens (including phenoxy) is 1. The summed E-state index contributed by atoms with van der Waals surface area (Å²) in [7, 11) is 1.15. The molecule has 29 heavy (non-hydrogen) atoms. The molecule has 0 aliphatic heterocycles. The van der Waals surface area contributed by atoms with Crippen molar-refractivity contribution < 1.29 is 31.1 Å². The number of methoxy groups -OCH3 is 1. The molecule has 0 atom stereocenters. The van der Waals surface area contributed by atoms with E-state index in [9.17, 15) is 26.3 Å². The number of hydrogen-bond donors (Lipinski definition) is 0. The van der Waals surface area contributed by atoms with Crippen molar-refractivity contribution in [2.45, 2.75) is 13.8 Å². The van der Waals surface area contributed by atoms with Crippen LogP contribution in [0.25, 0.3) is 0 Å². The van der Waals surface area contributed by atoms with E-state index in [0.29, 0.717) is 18.2 Å². The predicted octanol–water partition coefficient (Wildman–Crippen LogP) is 3.66. The summed E-state index contributed by atoms with van der Waals surface area (Å²) in [4.78, 5) is 0. The van der Waals surface area contributed by atoms with Gasteiger partial charge in [0, 0.05) is 29.7 Å². The monoisotopic (exact) mass is 408 g/mol. The topological polar surface area (TPSA) is 9.23 Å². The fourth-order valence-corrected chi connectivity index (χ4v) is 3.29. The minimum Gasteiger partial charge on any atom is -0.497 e. The third kappa shape index (κ3) is 3.84. The quantitative estimate of drug-likeness (QED) is 0.473. The van der Waals surface area contributed by atoms with Crippen LogP contribution in [-0.4, -0.2) is 13.8 Å². The lowest BCUT2D eigenvalue weighted by Crippen LogP contribution is -2.56. The van der Waals surface area contributed by atoms with E-state index in [2.05, 4.69) is 0 Å². The number of benzene rings is 3. The molecule has 0 saturated carbocycles. The highest BCUT2D eigenvalue weighted by molar-refractivity contribution is 6.96. The smallest absolute Gasteiger partial charge is 0.257 e. The molecule has 0 unspecified atom stereocenters. The lowest BCUT2D eigenvalue weighted by molar-refractivity contribution is 0.411. The molecule has 0 aromatic heterocycles. The van der Waals surface area contributed by atoms with Gasteiger partial charge < -0.3 is 4.74 Å².